The summed E-state index contributed by atoms with van der Waals surface area (Å²) in [6.45, 7) is 2.96. The van der Waals surface area contributed by atoms with Gasteiger partial charge in [0.05, 0.1) is 7.11 Å². The minimum absolute atomic E-state index is 0.175. The van der Waals surface area contributed by atoms with Crippen LogP contribution in [0.4, 0.5) is 11.4 Å². The number of rotatable bonds is 6. The number of ether oxygens (including phenoxy) is 2. The van der Waals surface area contributed by atoms with Crippen LogP contribution in [0.25, 0.3) is 10.4 Å². The van der Waals surface area contributed by atoms with E-state index >= 15 is 0 Å². The molecule has 0 fully saturated rings. The van der Waals surface area contributed by atoms with Gasteiger partial charge < -0.3 is 20.1 Å². The fourth-order valence-corrected chi connectivity index (χ4v) is 4.85. The summed E-state index contributed by atoms with van der Waals surface area (Å²) in [5.41, 5.74) is 4.58. The predicted molar refractivity (Wildman–Crippen MR) is 128 cm³/mol. The lowest BCUT2D eigenvalue weighted by Crippen LogP contribution is -2.29. The van der Waals surface area contributed by atoms with Crippen LogP contribution in [0.2, 0.25) is 0 Å². The van der Waals surface area contributed by atoms with E-state index in [0.717, 1.165) is 34.6 Å². The maximum Gasteiger partial charge on any atom is 0.349 e. The smallest absolute Gasteiger partial charge is 0.349 e. The Morgan fingerprint density at radius 3 is 2.27 bits per heavy atom. The fourth-order valence-electron chi connectivity index (χ4n) is 3.69. The molecule has 2 amide bonds. The monoisotopic (exact) mass is 464 g/mol. The standard InChI is InChI=1S/C25H24N2O5S/c1-14(24(29)27-19-8-6-18(7-9-19)26-15(2)28)32-25(30)22-13-17-5-4-16-12-20(31-3)10-11-21(16)23(17)33-22/h6-14H,4-5H2,1-3H3,(H,26,28)(H,27,29). The molecule has 1 heterocycles. The number of benzene rings is 2. The molecule has 4 rings (SSSR count). The normalized spacial score (nSPS) is 12.7. The van der Waals surface area contributed by atoms with E-state index in [4.69, 9.17) is 9.47 Å². The van der Waals surface area contributed by atoms with Crippen molar-refractivity contribution in [3.63, 3.8) is 0 Å². The highest BCUT2D eigenvalue weighted by atomic mass is 32.1. The molecule has 8 heteroatoms. The highest BCUT2D eigenvalue weighted by molar-refractivity contribution is 7.17. The zero-order valence-electron chi connectivity index (χ0n) is 18.6. The van der Waals surface area contributed by atoms with Gasteiger partial charge in [-0.15, -0.1) is 11.3 Å². The van der Waals surface area contributed by atoms with Crippen molar-refractivity contribution in [3.05, 3.63) is 64.5 Å². The third kappa shape index (κ3) is 5.06. The van der Waals surface area contributed by atoms with E-state index in [1.54, 1.807) is 31.4 Å². The van der Waals surface area contributed by atoms with E-state index in [0.29, 0.717) is 16.3 Å². The number of hydrogen-bond donors (Lipinski definition) is 2. The number of aryl methyl sites for hydroxylation is 2. The molecular weight excluding hydrogens is 440 g/mol. The van der Waals surface area contributed by atoms with E-state index in [9.17, 15) is 14.4 Å². The van der Waals surface area contributed by atoms with Crippen LogP contribution in [-0.2, 0) is 27.2 Å². The summed E-state index contributed by atoms with van der Waals surface area (Å²) >= 11 is 1.38. The third-order valence-corrected chi connectivity index (χ3v) is 6.55. The van der Waals surface area contributed by atoms with Gasteiger partial charge in [-0.2, -0.15) is 0 Å². The summed E-state index contributed by atoms with van der Waals surface area (Å²) in [5.74, 6) is -0.314. The Balaban J connectivity index is 1.40. The van der Waals surface area contributed by atoms with Gasteiger partial charge in [0.15, 0.2) is 6.10 Å². The Labute approximate surface area is 195 Å². The predicted octanol–water partition coefficient (Wildman–Crippen LogP) is 4.66. The molecule has 0 spiro atoms. The minimum atomic E-state index is -0.969. The van der Waals surface area contributed by atoms with Gasteiger partial charge in [-0.25, -0.2) is 4.79 Å². The number of esters is 1. The molecule has 1 atom stereocenters. The van der Waals surface area contributed by atoms with Crippen molar-refractivity contribution in [2.24, 2.45) is 0 Å². The molecule has 1 aliphatic carbocycles. The summed E-state index contributed by atoms with van der Waals surface area (Å²) in [5, 5.41) is 5.37. The first-order valence-electron chi connectivity index (χ1n) is 10.5. The van der Waals surface area contributed by atoms with Crippen molar-refractivity contribution in [3.8, 4) is 16.2 Å². The molecule has 0 saturated carbocycles. The van der Waals surface area contributed by atoms with Crippen LogP contribution in [0, 0.1) is 0 Å². The van der Waals surface area contributed by atoms with Crippen LogP contribution in [0.15, 0.2) is 48.5 Å². The van der Waals surface area contributed by atoms with Crippen molar-refractivity contribution in [2.45, 2.75) is 32.8 Å². The topological polar surface area (TPSA) is 93.7 Å². The van der Waals surface area contributed by atoms with E-state index in [1.165, 1.54) is 30.7 Å². The number of thiophene rings is 1. The number of methoxy groups -OCH3 is 1. The average molecular weight is 465 g/mol. The van der Waals surface area contributed by atoms with Gasteiger partial charge in [0.1, 0.15) is 10.6 Å². The highest BCUT2D eigenvalue weighted by Gasteiger charge is 2.25. The lowest BCUT2D eigenvalue weighted by atomic mass is 9.91. The average Bonchev–Trinajstić information content (AvgIpc) is 3.24. The van der Waals surface area contributed by atoms with Gasteiger partial charge in [0.25, 0.3) is 5.91 Å². The molecule has 0 radical (unpaired) electrons. The van der Waals surface area contributed by atoms with Crippen molar-refractivity contribution >= 4 is 40.5 Å². The van der Waals surface area contributed by atoms with Crippen LogP contribution >= 0.6 is 11.3 Å². The summed E-state index contributed by atoms with van der Waals surface area (Å²) in [6, 6.07) is 14.5. The number of carbonyl (C=O) groups is 3. The van der Waals surface area contributed by atoms with Gasteiger partial charge in [0.2, 0.25) is 5.91 Å². The maximum atomic E-state index is 12.7. The molecule has 1 aromatic heterocycles. The van der Waals surface area contributed by atoms with Crippen molar-refractivity contribution in [1.82, 2.24) is 0 Å². The van der Waals surface area contributed by atoms with Crippen molar-refractivity contribution in [2.75, 3.05) is 17.7 Å². The Morgan fingerprint density at radius 2 is 1.61 bits per heavy atom. The SMILES string of the molecule is COc1ccc2c(c1)CCc1cc(C(=O)OC(C)C(=O)Nc3ccc(NC(C)=O)cc3)sc1-2. The van der Waals surface area contributed by atoms with E-state index < -0.39 is 18.0 Å². The van der Waals surface area contributed by atoms with Crippen molar-refractivity contribution < 1.29 is 23.9 Å². The Hall–Kier alpha value is -3.65. The molecule has 0 bridgehead atoms. The number of carbonyl (C=O) groups excluding carboxylic acids is 3. The lowest BCUT2D eigenvalue weighted by molar-refractivity contribution is -0.123. The Morgan fingerprint density at radius 1 is 0.939 bits per heavy atom. The number of amides is 2. The first-order valence-corrected chi connectivity index (χ1v) is 11.3. The van der Waals surface area contributed by atoms with Crippen LogP contribution < -0.4 is 15.4 Å². The zero-order valence-corrected chi connectivity index (χ0v) is 19.4. The Bertz CT molecular complexity index is 1220. The molecule has 7 nitrogen and oxygen atoms in total. The Kier molecular flexibility index (Phi) is 6.46. The second-order valence-electron chi connectivity index (χ2n) is 7.78. The second-order valence-corrected chi connectivity index (χ2v) is 8.84. The molecule has 0 saturated heterocycles. The number of nitrogens with one attached hydrogen (secondary N) is 2. The van der Waals surface area contributed by atoms with E-state index in [-0.39, 0.29) is 5.91 Å². The maximum absolute atomic E-state index is 12.7. The van der Waals surface area contributed by atoms with Gasteiger partial charge in [-0.3, -0.25) is 9.59 Å². The molecule has 170 valence electrons. The molecule has 33 heavy (non-hydrogen) atoms. The van der Waals surface area contributed by atoms with Crippen LogP contribution in [-0.4, -0.2) is 31.0 Å². The molecular formula is C25H24N2O5S. The molecule has 1 aliphatic rings. The third-order valence-electron chi connectivity index (χ3n) is 5.36. The van der Waals surface area contributed by atoms with Crippen LogP contribution in [0.5, 0.6) is 5.75 Å². The van der Waals surface area contributed by atoms with E-state index in [1.807, 2.05) is 24.3 Å². The number of fused-ring (bicyclic) bond motifs is 3. The summed E-state index contributed by atoms with van der Waals surface area (Å²) < 4.78 is 10.7. The minimum Gasteiger partial charge on any atom is -0.497 e. The van der Waals surface area contributed by atoms with Gasteiger partial charge in [-0.05, 0) is 85.0 Å². The van der Waals surface area contributed by atoms with Gasteiger partial charge in [0, 0.05) is 23.2 Å². The fraction of sp³-hybridized carbons (Fsp3) is 0.240. The van der Waals surface area contributed by atoms with Crippen LogP contribution in [0.1, 0.15) is 34.6 Å². The molecule has 0 aliphatic heterocycles. The second kappa shape index (κ2) is 9.46. The first-order chi connectivity index (χ1) is 15.8. The largest absolute Gasteiger partial charge is 0.497 e. The quantitative estimate of drug-likeness (QED) is 0.518. The highest BCUT2D eigenvalue weighted by Crippen LogP contribution is 2.41. The van der Waals surface area contributed by atoms with Crippen LogP contribution in [0.3, 0.4) is 0 Å². The van der Waals surface area contributed by atoms with Gasteiger partial charge >= 0.3 is 5.97 Å². The molecule has 2 N–H and O–H groups in total. The lowest BCUT2D eigenvalue weighted by Gasteiger charge is -2.16. The summed E-state index contributed by atoms with van der Waals surface area (Å²) in [4.78, 5) is 37.9. The number of hydrogen-bond acceptors (Lipinski definition) is 6. The van der Waals surface area contributed by atoms with Gasteiger partial charge in [-0.1, -0.05) is 0 Å². The van der Waals surface area contributed by atoms with Crippen molar-refractivity contribution in [1.29, 1.82) is 0 Å². The van der Waals surface area contributed by atoms with E-state index in [2.05, 4.69) is 10.6 Å². The molecule has 1 unspecified atom stereocenters. The first kappa shape index (κ1) is 22.5. The number of anilines is 2. The molecule has 3 aromatic rings. The molecule has 2 aromatic carbocycles. The zero-order chi connectivity index (χ0) is 23.5. The summed E-state index contributed by atoms with van der Waals surface area (Å²) in [6.07, 6.45) is 0.747. The summed E-state index contributed by atoms with van der Waals surface area (Å²) in [7, 11) is 1.65.